The molecule has 1 saturated heterocycles. The molecule has 1 amide bonds. The fourth-order valence-electron chi connectivity index (χ4n) is 4.88. The van der Waals surface area contributed by atoms with Gasteiger partial charge in [0, 0.05) is 48.6 Å². The largest absolute Gasteiger partial charge is 0.352 e. The van der Waals surface area contributed by atoms with Crippen LogP contribution in [0.4, 0.5) is 10.2 Å². The Morgan fingerprint density at radius 1 is 0.868 bits per heavy atom. The Hall–Kier alpha value is -3.94. The van der Waals surface area contributed by atoms with E-state index in [-0.39, 0.29) is 11.7 Å². The second-order valence-electron chi connectivity index (χ2n) is 9.05. The second kappa shape index (κ2) is 10.1. The molecular weight excluding hydrogens is 524 g/mol. The van der Waals surface area contributed by atoms with Crippen LogP contribution in [0.5, 0.6) is 0 Å². The van der Waals surface area contributed by atoms with Gasteiger partial charge in [0.1, 0.15) is 18.0 Å². The predicted octanol–water partition coefficient (Wildman–Crippen LogP) is 6.50. The van der Waals surface area contributed by atoms with E-state index in [1.165, 1.54) is 12.1 Å². The molecule has 1 aliphatic rings. The molecule has 1 fully saturated rings. The van der Waals surface area contributed by atoms with Crippen LogP contribution in [0.2, 0.25) is 10.0 Å². The third-order valence-corrected chi connectivity index (χ3v) is 7.33. The first-order valence-corrected chi connectivity index (χ1v) is 12.9. The first-order valence-electron chi connectivity index (χ1n) is 12.2. The van der Waals surface area contributed by atoms with Gasteiger partial charge in [0.05, 0.1) is 16.0 Å². The average molecular weight is 546 g/mol. The summed E-state index contributed by atoms with van der Waals surface area (Å²) in [5.41, 5.74) is 3.98. The number of aromatic nitrogens is 3. The van der Waals surface area contributed by atoms with E-state index in [4.69, 9.17) is 28.2 Å². The Labute approximate surface area is 228 Å². The van der Waals surface area contributed by atoms with Gasteiger partial charge in [-0.05, 0) is 48.0 Å². The second-order valence-corrected chi connectivity index (χ2v) is 9.90. The first-order chi connectivity index (χ1) is 18.5. The Balaban J connectivity index is 1.36. The summed E-state index contributed by atoms with van der Waals surface area (Å²) in [7, 11) is 0. The highest BCUT2D eigenvalue weighted by molar-refractivity contribution is 6.36. The molecular formula is C29H22Cl2FN5O. The zero-order valence-corrected chi connectivity index (χ0v) is 21.7. The number of anilines is 1. The van der Waals surface area contributed by atoms with Crippen LogP contribution in [0.3, 0.4) is 0 Å². The molecule has 0 unspecified atom stereocenters. The number of amides is 1. The summed E-state index contributed by atoms with van der Waals surface area (Å²) in [5, 5.41) is 1.74. The molecule has 0 bridgehead atoms. The van der Waals surface area contributed by atoms with Crippen molar-refractivity contribution in [1.82, 2.24) is 19.4 Å². The normalized spacial score (nSPS) is 13.8. The summed E-state index contributed by atoms with van der Waals surface area (Å²) < 4.78 is 15.6. The van der Waals surface area contributed by atoms with Crippen molar-refractivity contribution in [3.8, 4) is 16.8 Å². The van der Waals surface area contributed by atoms with E-state index >= 15 is 0 Å². The standard InChI is InChI=1S/C29H22Cl2FN5O/c30-20-6-11-23(25(31)16-20)29(38)36-14-12-35(13-15-36)27-26-24(19-4-2-1-3-5-19)17-37(28(26)34-18-33-27)22-9-7-21(32)8-10-22/h1-11,16-18H,12-15H2. The van der Waals surface area contributed by atoms with Gasteiger partial charge in [0.15, 0.2) is 5.65 Å². The van der Waals surface area contributed by atoms with Gasteiger partial charge in [0.2, 0.25) is 0 Å². The van der Waals surface area contributed by atoms with E-state index in [0.717, 1.165) is 33.7 Å². The molecule has 0 aliphatic carbocycles. The number of carbonyl (C=O) groups excluding carboxylic acids is 1. The maximum absolute atomic E-state index is 13.6. The third kappa shape index (κ3) is 4.48. The Kier molecular flexibility index (Phi) is 6.47. The molecule has 38 heavy (non-hydrogen) atoms. The summed E-state index contributed by atoms with van der Waals surface area (Å²) >= 11 is 12.3. The minimum absolute atomic E-state index is 0.119. The number of nitrogens with zero attached hydrogens (tertiary/aromatic N) is 5. The van der Waals surface area contributed by atoms with Crippen LogP contribution in [-0.2, 0) is 0 Å². The lowest BCUT2D eigenvalue weighted by Crippen LogP contribution is -2.49. The molecule has 5 aromatic rings. The number of fused-ring (bicyclic) bond motifs is 1. The summed E-state index contributed by atoms with van der Waals surface area (Å²) in [5.74, 6) is 0.383. The molecule has 0 radical (unpaired) electrons. The van der Waals surface area contributed by atoms with Crippen molar-refractivity contribution >= 4 is 46.0 Å². The summed E-state index contributed by atoms with van der Waals surface area (Å²) in [6.45, 7) is 2.23. The van der Waals surface area contributed by atoms with Gasteiger partial charge >= 0.3 is 0 Å². The molecule has 0 saturated carbocycles. The Morgan fingerprint density at radius 3 is 2.32 bits per heavy atom. The van der Waals surface area contributed by atoms with Crippen molar-refractivity contribution in [3.63, 3.8) is 0 Å². The molecule has 3 aromatic carbocycles. The topological polar surface area (TPSA) is 54.3 Å². The molecule has 0 atom stereocenters. The maximum atomic E-state index is 13.6. The minimum Gasteiger partial charge on any atom is -0.352 e. The Morgan fingerprint density at radius 2 is 1.61 bits per heavy atom. The van der Waals surface area contributed by atoms with Gasteiger partial charge in [-0.1, -0.05) is 53.5 Å². The number of benzene rings is 3. The first kappa shape index (κ1) is 24.4. The van der Waals surface area contributed by atoms with Crippen molar-refractivity contribution in [2.45, 2.75) is 0 Å². The van der Waals surface area contributed by atoms with E-state index in [0.29, 0.717) is 41.8 Å². The van der Waals surface area contributed by atoms with Crippen LogP contribution in [0, 0.1) is 5.82 Å². The summed E-state index contributed by atoms with van der Waals surface area (Å²) in [4.78, 5) is 26.4. The lowest BCUT2D eigenvalue weighted by molar-refractivity contribution is 0.0747. The van der Waals surface area contributed by atoms with Crippen molar-refractivity contribution in [1.29, 1.82) is 0 Å². The highest BCUT2D eigenvalue weighted by atomic mass is 35.5. The molecule has 6 rings (SSSR count). The number of hydrogen-bond acceptors (Lipinski definition) is 4. The summed E-state index contributed by atoms with van der Waals surface area (Å²) in [6, 6.07) is 21.3. The van der Waals surface area contributed by atoms with E-state index in [2.05, 4.69) is 9.88 Å². The molecule has 2 aromatic heterocycles. The lowest BCUT2D eigenvalue weighted by atomic mass is 10.1. The van der Waals surface area contributed by atoms with Crippen molar-refractivity contribution in [2.24, 2.45) is 0 Å². The quantitative estimate of drug-likeness (QED) is 0.259. The molecule has 1 aliphatic heterocycles. The molecule has 3 heterocycles. The van der Waals surface area contributed by atoms with Crippen LogP contribution in [0.15, 0.2) is 85.3 Å². The maximum Gasteiger partial charge on any atom is 0.255 e. The van der Waals surface area contributed by atoms with Crippen LogP contribution in [0.25, 0.3) is 27.8 Å². The monoisotopic (exact) mass is 545 g/mol. The number of halogens is 3. The predicted molar refractivity (Wildman–Crippen MR) is 149 cm³/mol. The summed E-state index contributed by atoms with van der Waals surface area (Å²) in [6.07, 6.45) is 3.57. The molecule has 9 heteroatoms. The van der Waals surface area contributed by atoms with Gasteiger partial charge in [-0.25, -0.2) is 14.4 Å². The molecule has 0 spiro atoms. The number of rotatable bonds is 4. The highest BCUT2D eigenvalue weighted by Gasteiger charge is 2.27. The zero-order valence-electron chi connectivity index (χ0n) is 20.2. The SMILES string of the molecule is O=C(c1ccc(Cl)cc1Cl)N1CCN(c2ncnc3c2c(-c2ccccc2)cn3-c2ccc(F)cc2)CC1. The zero-order chi connectivity index (χ0) is 26.2. The minimum atomic E-state index is -0.295. The van der Waals surface area contributed by atoms with E-state index in [9.17, 15) is 9.18 Å². The smallest absolute Gasteiger partial charge is 0.255 e. The van der Waals surface area contributed by atoms with Crippen LogP contribution in [0.1, 0.15) is 10.4 Å². The number of hydrogen-bond donors (Lipinski definition) is 0. The van der Waals surface area contributed by atoms with Gasteiger partial charge in [-0.3, -0.25) is 4.79 Å². The lowest BCUT2D eigenvalue weighted by Gasteiger charge is -2.36. The van der Waals surface area contributed by atoms with E-state index in [1.807, 2.05) is 41.1 Å². The molecule has 6 nitrogen and oxygen atoms in total. The van der Waals surface area contributed by atoms with Crippen LogP contribution < -0.4 is 4.90 Å². The fourth-order valence-corrected chi connectivity index (χ4v) is 5.36. The molecule has 0 N–H and O–H groups in total. The van der Waals surface area contributed by atoms with Gasteiger partial charge in [0.25, 0.3) is 5.91 Å². The van der Waals surface area contributed by atoms with Crippen LogP contribution >= 0.6 is 23.2 Å². The fraction of sp³-hybridized carbons (Fsp3) is 0.138. The number of carbonyl (C=O) groups is 1. The van der Waals surface area contributed by atoms with E-state index in [1.54, 1.807) is 41.6 Å². The van der Waals surface area contributed by atoms with Gasteiger partial charge < -0.3 is 14.4 Å². The van der Waals surface area contributed by atoms with E-state index < -0.39 is 0 Å². The highest BCUT2D eigenvalue weighted by Crippen LogP contribution is 2.37. The van der Waals surface area contributed by atoms with Crippen LogP contribution in [-0.4, -0.2) is 51.5 Å². The third-order valence-electron chi connectivity index (χ3n) is 6.78. The van der Waals surface area contributed by atoms with Crippen molar-refractivity contribution < 1.29 is 9.18 Å². The van der Waals surface area contributed by atoms with Crippen molar-refractivity contribution in [2.75, 3.05) is 31.1 Å². The van der Waals surface area contributed by atoms with Crippen molar-refractivity contribution in [3.05, 3.63) is 107 Å². The van der Waals surface area contributed by atoms with Gasteiger partial charge in [-0.2, -0.15) is 0 Å². The molecule has 190 valence electrons. The number of piperazine rings is 1. The Bertz CT molecular complexity index is 1630. The van der Waals surface area contributed by atoms with Gasteiger partial charge in [-0.15, -0.1) is 0 Å². The average Bonchev–Trinajstić information content (AvgIpc) is 3.34.